The van der Waals surface area contributed by atoms with Crippen molar-refractivity contribution < 1.29 is 22.7 Å². The number of sulfone groups is 1. The van der Waals surface area contributed by atoms with Crippen molar-refractivity contribution in [1.82, 2.24) is 0 Å². The van der Waals surface area contributed by atoms with E-state index < -0.39 is 20.5 Å². The first-order valence-corrected chi connectivity index (χ1v) is 12.2. The van der Waals surface area contributed by atoms with Gasteiger partial charge in [-0.05, 0) is 66.3 Å². The van der Waals surface area contributed by atoms with E-state index in [-0.39, 0.29) is 31.0 Å². The predicted octanol–water partition coefficient (Wildman–Crippen LogP) is 3.66. The number of ether oxygens (including phenoxy) is 2. The lowest BCUT2D eigenvalue weighted by Crippen LogP contribution is -2.53. The average Bonchev–Trinajstić information content (AvgIpc) is 2.82. The number of hydrogen-bond acceptors (Lipinski definition) is 5. The smallest absolute Gasteiger partial charge is 0.239 e. The van der Waals surface area contributed by atoms with Crippen LogP contribution < -0.4 is 10.5 Å². The Labute approximate surface area is 188 Å². The zero-order chi connectivity index (χ0) is 22.6. The second kappa shape index (κ2) is 9.30. The van der Waals surface area contributed by atoms with Gasteiger partial charge in [0.25, 0.3) is 0 Å². The summed E-state index contributed by atoms with van der Waals surface area (Å²) in [6, 6.07) is 20.9. The fraction of sp³-hybridized carbons (Fsp3) is 0.320. The van der Waals surface area contributed by atoms with Crippen LogP contribution in [0.4, 0.5) is 0 Å². The van der Waals surface area contributed by atoms with Gasteiger partial charge in [-0.25, -0.2) is 8.42 Å². The highest BCUT2D eigenvalue weighted by atomic mass is 32.2. The van der Waals surface area contributed by atoms with Gasteiger partial charge in [0, 0.05) is 13.2 Å². The van der Waals surface area contributed by atoms with Crippen LogP contribution in [0.1, 0.15) is 24.8 Å². The molecule has 32 heavy (non-hydrogen) atoms. The van der Waals surface area contributed by atoms with Crippen LogP contribution in [0.5, 0.6) is 5.75 Å². The number of nitrogens with two attached hydrogens (primary N) is 1. The van der Waals surface area contributed by atoms with E-state index in [0.29, 0.717) is 12.4 Å². The summed E-state index contributed by atoms with van der Waals surface area (Å²) in [4.78, 5) is 12.2. The lowest BCUT2D eigenvalue weighted by molar-refractivity contribution is -0.122. The first-order valence-electron chi connectivity index (χ1n) is 10.8. The number of rotatable bonds is 8. The van der Waals surface area contributed by atoms with Crippen molar-refractivity contribution >= 4 is 26.5 Å². The van der Waals surface area contributed by atoms with E-state index in [1.54, 1.807) is 12.1 Å². The molecule has 7 heteroatoms. The van der Waals surface area contributed by atoms with Crippen molar-refractivity contribution in [3.05, 3.63) is 72.3 Å². The highest BCUT2D eigenvalue weighted by Gasteiger charge is 2.51. The normalized spacial score (nSPS) is 16.0. The van der Waals surface area contributed by atoms with Gasteiger partial charge in [0.1, 0.15) is 5.75 Å². The van der Waals surface area contributed by atoms with Crippen molar-refractivity contribution in [2.24, 2.45) is 5.73 Å². The molecule has 1 saturated heterocycles. The third kappa shape index (κ3) is 4.36. The van der Waals surface area contributed by atoms with E-state index in [4.69, 9.17) is 15.2 Å². The molecule has 4 rings (SSSR count). The molecule has 6 nitrogen and oxygen atoms in total. The Kier molecular flexibility index (Phi) is 6.48. The first kappa shape index (κ1) is 22.3. The minimum atomic E-state index is -3.93. The molecule has 0 unspecified atom stereocenters. The topological polar surface area (TPSA) is 95.7 Å². The Morgan fingerprint density at radius 3 is 2.34 bits per heavy atom. The molecule has 3 aromatic carbocycles. The van der Waals surface area contributed by atoms with Gasteiger partial charge in [-0.3, -0.25) is 4.79 Å². The number of aryl methyl sites for hydroxylation is 1. The summed E-state index contributed by atoms with van der Waals surface area (Å²) in [6.45, 7) is 0.905. The number of hydrogen-bond donors (Lipinski definition) is 1. The molecule has 168 valence electrons. The molecule has 0 radical (unpaired) electrons. The second-order valence-corrected chi connectivity index (χ2v) is 10.3. The number of primary amides is 1. The highest BCUT2D eigenvalue weighted by molar-refractivity contribution is 7.93. The van der Waals surface area contributed by atoms with Crippen molar-refractivity contribution in [2.75, 3.05) is 19.8 Å². The minimum Gasteiger partial charge on any atom is -0.494 e. The summed E-state index contributed by atoms with van der Waals surface area (Å²) in [6.07, 6.45) is 1.86. The molecule has 0 bridgehead atoms. The van der Waals surface area contributed by atoms with Gasteiger partial charge in [-0.15, -0.1) is 0 Å². The van der Waals surface area contributed by atoms with Gasteiger partial charge in [0.05, 0.1) is 11.5 Å². The molecule has 0 atom stereocenters. The van der Waals surface area contributed by atoms with Gasteiger partial charge in [-0.1, -0.05) is 42.5 Å². The van der Waals surface area contributed by atoms with E-state index >= 15 is 0 Å². The van der Waals surface area contributed by atoms with Gasteiger partial charge < -0.3 is 15.2 Å². The minimum absolute atomic E-state index is 0.0672. The molecule has 0 spiro atoms. The van der Waals surface area contributed by atoms with Gasteiger partial charge in [-0.2, -0.15) is 0 Å². The monoisotopic (exact) mass is 453 g/mol. The molecule has 1 aliphatic heterocycles. The molecule has 0 aromatic heterocycles. The summed E-state index contributed by atoms with van der Waals surface area (Å²) in [5, 5.41) is 2.45. The lowest BCUT2D eigenvalue weighted by Gasteiger charge is -2.33. The van der Waals surface area contributed by atoms with E-state index in [2.05, 4.69) is 30.3 Å². The van der Waals surface area contributed by atoms with Crippen LogP contribution in [-0.4, -0.2) is 38.9 Å². The van der Waals surface area contributed by atoms with Crippen molar-refractivity contribution in [2.45, 2.75) is 35.3 Å². The van der Waals surface area contributed by atoms with Crippen LogP contribution in [0.25, 0.3) is 10.8 Å². The van der Waals surface area contributed by atoms with Crippen molar-refractivity contribution in [1.29, 1.82) is 0 Å². The van der Waals surface area contributed by atoms with Gasteiger partial charge >= 0.3 is 0 Å². The molecule has 1 heterocycles. The summed E-state index contributed by atoms with van der Waals surface area (Å²) >= 11 is 0. The number of carbonyl (C=O) groups excluding carboxylic acids is 1. The molecular formula is C25H27NO5S. The Morgan fingerprint density at radius 1 is 0.969 bits per heavy atom. The van der Waals surface area contributed by atoms with Crippen LogP contribution in [0.2, 0.25) is 0 Å². The maximum absolute atomic E-state index is 13.2. The Hall–Kier alpha value is -2.90. The Morgan fingerprint density at radius 2 is 1.66 bits per heavy atom. The maximum Gasteiger partial charge on any atom is 0.239 e. The lowest BCUT2D eigenvalue weighted by atomic mass is 9.98. The van der Waals surface area contributed by atoms with Crippen LogP contribution >= 0.6 is 0 Å². The fourth-order valence-corrected chi connectivity index (χ4v) is 6.06. The summed E-state index contributed by atoms with van der Waals surface area (Å²) in [5.74, 6) is -0.239. The Bertz CT molecular complexity index is 1200. The number of carbonyl (C=O) groups is 1. The molecule has 1 aliphatic rings. The van der Waals surface area contributed by atoms with Crippen molar-refractivity contribution in [3.8, 4) is 5.75 Å². The quantitative estimate of drug-likeness (QED) is 0.525. The van der Waals surface area contributed by atoms with Crippen LogP contribution in [0.15, 0.2) is 71.6 Å². The molecular weight excluding hydrogens is 426 g/mol. The zero-order valence-electron chi connectivity index (χ0n) is 17.8. The molecule has 1 fully saturated rings. The third-order valence-electron chi connectivity index (χ3n) is 6.09. The molecule has 1 amide bonds. The van der Waals surface area contributed by atoms with Crippen LogP contribution in [0, 0.1) is 0 Å². The second-order valence-electron chi connectivity index (χ2n) is 8.08. The standard InChI is InChI=1S/C25H27NO5S/c26-24(27)25(13-16-30-17-14-25)32(28,29)23-11-9-22(10-12-23)31-15-3-4-19-7-8-20-5-1-2-6-21(20)18-19/h1-2,5-12,18H,3-4,13-17H2,(H2,26,27). The number of amides is 1. The highest BCUT2D eigenvalue weighted by Crippen LogP contribution is 2.35. The van der Waals surface area contributed by atoms with E-state index in [0.717, 1.165) is 12.8 Å². The summed E-state index contributed by atoms with van der Waals surface area (Å²) < 4.78 is 35.8. The maximum atomic E-state index is 13.2. The molecule has 0 saturated carbocycles. The van der Waals surface area contributed by atoms with E-state index in [9.17, 15) is 13.2 Å². The summed E-state index contributed by atoms with van der Waals surface area (Å²) in [7, 11) is -3.93. The van der Waals surface area contributed by atoms with Crippen LogP contribution in [-0.2, 0) is 25.8 Å². The molecule has 2 N–H and O–H groups in total. The number of benzene rings is 3. The summed E-state index contributed by atoms with van der Waals surface area (Å²) in [5.41, 5.74) is 6.77. The van der Waals surface area contributed by atoms with E-state index in [1.807, 2.05) is 12.1 Å². The Balaban J connectivity index is 1.36. The van der Waals surface area contributed by atoms with Gasteiger partial charge in [0.2, 0.25) is 5.91 Å². The van der Waals surface area contributed by atoms with Gasteiger partial charge in [0.15, 0.2) is 14.6 Å². The van der Waals surface area contributed by atoms with Crippen molar-refractivity contribution in [3.63, 3.8) is 0 Å². The number of fused-ring (bicyclic) bond motifs is 1. The largest absolute Gasteiger partial charge is 0.494 e. The third-order valence-corrected chi connectivity index (χ3v) is 8.62. The van der Waals surface area contributed by atoms with E-state index in [1.165, 1.54) is 28.5 Å². The predicted molar refractivity (Wildman–Crippen MR) is 123 cm³/mol. The average molecular weight is 454 g/mol. The van der Waals surface area contributed by atoms with Crippen LogP contribution in [0.3, 0.4) is 0 Å². The molecule has 0 aliphatic carbocycles. The SMILES string of the molecule is NC(=O)C1(S(=O)(=O)c2ccc(OCCCc3ccc4ccccc4c3)cc2)CCOCC1. The molecule has 3 aromatic rings. The fourth-order valence-electron chi connectivity index (χ4n) is 4.15. The zero-order valence-corrected chi connectivity index (χ0v) is 18.6. The first-order chi connectivity index (χ1) is 15.4.